The third-order valence-electron chi connectivity index (χ3n) is 2.58. The van der Waals surface area contributed by atoms with Crippen LogP contribution in [0.3, 0.4) is 0 Å². The van der Waals surface area contributed by atoms with Crippen LogP contribution in [0.2, 0.25) is 0 Å². The zero-order valence-corrected chi connectivity index (χ0v) is 11.1. The molecule has 0 radical (unpaired) electrons. The van der Waals surface area contributed by atoms with E-state index in [1.54, 1.807) is 6.92 Å². The number of aryl methyl sites for hydroxylation is 1. The normalized spacial score (nSPS) is 12.5. The van der Waals surface area contributed by atoms with Crippen molar-refractivity contribution in [1.82, 2.24) is 9.97 Å². The molecule has 1 rings (SSSR count). The average molecular weight is 238 g/mol. The van der Waals surface area contributed by atoms with Gasteiger partial charge in [0.15, 0.2) is 0 Å². The van der Waals surface area contributed by atoms with E-state index in [1.807, 2.05) is 18.9 Å². The lowest BCUT2D eigenvalue weighted by Crippen LogP contribution is -2.29. The molecule has 5 heteroatoms. The summed E-state index contributed by atoms with van der Waals surface area (Å²) in [4.78, 5) is 10.7. The van der Waals surface area contributed by atoms with Crippen LogP contribution in [-0.2, 0) is 6.42 Å². The van der Waals surface area contributed by atoms with E-state index >= 15 is 0 Å². The molecule has 1 atom stereocenters. The molecule has 1 heterocycles. The molecule has 0 saturated carbocycles. The van der Waals surface area contributed by atoms with Gasteiger partial charge in [-0.05, 0) is 20.3 Å². The first-order valence-corrected chi connectivity index (χ1v) is 5.97. The molecule has 0 bridgehead atoms. The predicted octanol–water partition coefficient (Wildman–Crippen LogP) is 1.14. The summed E-state index contributed by atoms with van der Waals surface area (Å²) < 4.78 is 0. The largest absolute Gasteiger partial charge is 0.392 e. The second-order valence-electron chi connectivity index (χ2n) is 4.45. The number of hydrogen-bond donors (Lipinski definition) is 2. The van der Waals surface area contributed by atoms with Crippen molar-refractivity contribution in [2.75, 3.05) is 24.2 Å². The van der Waals surface area contributed by atoms with Gasteiger partial charge >= 0.3 is 0 Å². The van der Waals surface area contributed by atoms with Gasteiger partial charge in [-0.15, -0.1) is 0 Å². The number of nitrogens with zero attached hydrogens (tertiary/aromatic N) is 3. The highest BCUT2D eigenvalue weighted by Gasteiger charge is 2.13. The van der Waals surface area contributed by atoms with Crippen molar-refractivity contribution < 1.29 is 5.11 Å². The van der Waals surface area contributed by atoms with E-state index < -0.39 is 6.10 Å². The van der Waals surface area contributed by atoms with Gasteiger partial charge in [0.25, 0.3) is 0 Å². The minimum absolute atomic E-state index is 0.398. The van der Waals surface area contributed by atoms with Crippen LogP contribution in [0.4, 0.5) is 11.6 Å². The summed E-state index contributed by atoms with van der Waals surface area (Å²) in [5.41, 5.74) is 6.75. The maximum Gasteiger partial charge on any atom is 0.137 e. The summed E-state index contributed by atoms with van der Waals surface area (Å²) >= 11 is 0. The fourth-order valence-electron chi connectivity index (χ4n) is 1.76. The van der Waals surface area contributed by atoms with Gasteiger partial charge in [0.2, 0.25) is 0 Å². The van der Waals surface area contributed by atoms with Crippen molar-refractivity contribution in [3.8, 4) is 0 Å². The molecule has 1 unspecified atom stereocenters. The number of nitrogens with two attached hydrogens (primary N) is 1. The Morgan fingerprint density at radius 3 is 2.59 bits per heavy atom. The molecule has 0 aromatic carbocycles. The Hall–Kier alpha value is -1.36. The van der Waals surface area contributed by atoms with Crippen molar-refractivity contribution in [1.29, 1.82) is 0 Å². The van der Waals surface area contributed by atoms with E-state index in [-0.39, 0.29) is 0 Å². The van der Waals surface area contributed by atoms with Crippen molar-refractivity contribution in [3.63, 3.8) is 0 Å². The number of hydrogen-bond acceptors (Lipinski definition) is 5. The average Bonchev–Trinajstić information content (AvgIpc) is 2.22. The second kappa shape index (κ2) is 5.82. The Bertz CT molecular complexity index is 379. The zero-order valence-electron chi connectivity index (χ0n) is 11.1. The molecule has 0 amide bonds. The first-order valence-electron chi connectivity index (χ1n) is 5.97. The lowest BCUT2D eigenvalue weighted by molar-refractivity contribution is 0.201. The van der Waals surface area contributed by atoms with E-state index in [0.29, 0.717) is 12.4 Å². The van der Waals surface area contributed by atoms with E-state index in [2.05, 4.69) is 16.9 Å². The van der Waals surface area contributed by atoms with E-state index in [0.717, 1.165) is 30.0 Å². The molecule has 96 valence electrons. The number of aliphatic hydroxyl groups excluding tert-OH is 1. The fourth-order valence-corrected chi connectivity index (χ4v) is 1.76. The fraction of sp³-hybridized carbons (Fsp3) is 0.667. The lowest BCUT2D eigenvalue weighted by atomic mass is 10.2. The lowest BCUT2D eigenvalue weighted by Gasteiger charge is -2.22. The van der Waals surface area contributed by atoms with E-state index in [4.69, 9.17) is 5.73 Å². The van der Waals surface area contributed by atoms with Crippen LogP contribution < -0.4 is 10.6 Å². The van der Waals surface area contributed by atoms with Crippen LogP contribution in [0, 0.1) is 6.92 Å². The number of nitrogen functional groups attached to an aromatic ring is 1. The smallest absolute Gasteiger partial charge is 0.137 e. The van der Waals surface area contributed by atoms with Crippen molar-refractivity contribution in [3.05, 3.63) is 11.4 Å². The Morgan fingerprint density at radius 2 is 2.06 bits per heavy atom. The highest BCUT2D eigenvalue weighted by atomic mass is 16.3. The third-order valence-corrected chi connectivity index (χ3v) is 2.58. The summed E-state index contributed by atoms with van der Waals surface area (Å²) in [5.74, 6) is 2.10. The summed E-state index contributed by atoms with van der Waals surface area (Å²) in [5, 5.41) is 9.40. The number of aromatic nitrogens is 2. The Balaban J connectivity index is 3.04. The van der Waals surface area contributed by atoms with Crippen molar-refractivity contribution in [2.45, 2.75) is 39.7 Å². The summed E-state index contributed by atoms with van der Waals surface area (Å²) in [7, 11) is 1.90. The van der Waals surface area contributed by atoms with Gasteiger partial charge in [-0.25, -0.2) is 9.97 Å². The zero-order chi connectivity index (χ0) is 13.0. The molecule has 0 aliphatic rings. The minimum Gasteiger partial charge on any atom is -0.392 e. The predicted molar refractivity (Wildman–Crippen MR) is 70.1 cm³/mol. The molecule has 17 heavy (non-hydrogen) atoms. The van der Waals surface area contributed by atoms with Crippen LogP contribution in [0.25, 0.3) is 0 Å². The highest BCUT2D eigenvalue weighted by Crippen LogP contribution is 2.21. The maximum atomic E-state index is 9.40. The standard InChI is InChI=1S/C12H22N4O/c1-5-6-10-14-11(13)9(3)12(15-10)16(4)7-8(2)17/h8,17H,5-7H2,1-4H3,(H2,13,14,15). The van der Waals surface area contributed by atoms with Gasteiger partial charge in [0.05, 0.1) is 6.10 Å². The molecule has 1 aromatic heterocycles. The molecule has 0 fully saturated rings. The Morgan fingerprint density at radius 1 is 1.41 bits per heavy atom. The summed E-state index contributed by atoms with van der Waals surface area (Å²) in [6, 6.07) is 0. The highest BCUT2D eigenvalue weighted by molar-refractivity contribution is 5.56. The number of rotatable bonds is 5. The minimum atomic E-state index is -0.398. The number of aliphatic hydroxyl groups is 1. The second-order valence-corrected chi connectivity index (χ2v) is 4.45. The molecular weight excluding hydrogens is 216 g/mol. The van der Waals surface area contributed by atoms with Crippen LogP contribution in [0.15, 0.2) is 0 Å². The van der Waals surface area contributed by atoms with Crippen molar-refractivity contribution >= 4 is 11.6 Å². The maximum absolute atomic E-state index is 9.40. The Kier molecular flexibility index (Phi) is 4.69. The van der Waals surface area contributed by atoms with Crippen LogP contribution in [-0.4, -0.2) is 34.8 Å². The molecule has 0 saturated heterocycles. The van der Waals surface area contributed by atoms with Crippen molar-refractivity contribution in [2.24, 2.45) is 0 Å². The van der Waals surface area contributed by atoms with Gasteiger partial charge in [-0.2, -0.15) is 0 Å². The van der Waals surface area contributed by atoms with Crippen LogP contribution in [0.5, 0.6) is 0 Å². The van der Waals surface area contributed by atoms with Crippen LogP contribution in [0.1, 0.15) is 31.7 Å². The van der Waals surface area contributed by atoms with Gasteiger partial charge in [-0.1, -0.05) is 6.92 Å². The van der Waals surface area contributed by atoms with Crippen LogP contribution >= 0.6 is 0 Å². The monoisotopic (exact) mass is 238 g/mol. The van der Waals surface area contributed by atoms with E-state index in [9.17, 15) is 5.11 Å². The first kappa shape index (κ1) is 13.7. The molecule has 0 spiro atoms. The third kappa shape index (κ3) is 3.56. The van der Waals surface area contributed by atoms with Gasteiger partial charge in [0.1, 0.15) is 17.5 Å². The SMILES string of the molecule is CCCc1nc(N)c(C)c(N(C)CC(C)O)n1. The van der Waals surface area contributed by atoms with E-state index in [1.165, 1.54) is 0 Å². The molecule has 1 aromatic rings. The van der Waals surface area contributed by atoms with Gasteiger partial charge in [0, 0.05) is 25.6 Å². The number of likely N-dealkylation sites (N-methyl/N-ethyl adjacent to an activating group) is 1. The topological polar surface area (TPSA) is 75.3 Å². The molecule has 5 nitrogen and oxygen atoms in total. The summed E-state index contributed by atoms with van der Waals surface area (Å²) in [6.07, 6.45) is 1.41. The number of anilines is 2. The molecule has 0 aliphatic heterocycles. The molecule has 3 N–H and O–H groups in total. The Labute approximate surface area is 103 Å². The molecular formula is C12H22N4O. The molecule has 0 aliphatic carbocycles. The van der Waals surface area contributed by atoms with Gasteiger partial charge < -0.3 is 15.7 Å². The summed E-state index contributed by atoms with van der Waals surface area (Å²) in [6.45, 7) is 6.27. The van der Waals surface area contributed by atoms with Gasteiger partial charge in [-0.3, -0.25) is 0 Å². The first-order chi connectivity index (χ1) is 7.95. The quantitative estimate of drug-likeness (QED) is 0.804.